The number of rotatable bonds is 5. The Morgan fingerprint density at radius 3 is 2.65 bits per heavy atom. The van der Waals surface area contributed by atoms with E-state index >= 15 is 0 Å². The first-order valence-corrected chi connectivity index (χ1v) is 8.62. The highest BCUT2D eigenvalue weighted by Crippen LogP contribution is 2.34. The second-order valence-corrected chi connectivity index (χ2v) is 6.72. The van der Waals surface area contributed by atoms with Crippen LogP contribution in [0.4, 0.5) is 11.6 Å². The monoisotopic (exact) mass is 324 g/mol. The van der Waals surface area contributed by atoms with Gasteiger partial charge in [-0.1, -0.05) is 32.0 Å². The van der Waals surface area contributed by atoms with Crippen LogP contribution in [-0.4, -0.2) is 15.0 Å². The molecular formula is C18H20N4S. The minimum atomic E-state index is 0.426. The fourth-order valence-corrected chi connectivity index (χ4v) is 3.36. The molecule has 1 unspecified atom stereocenters. The van der Waals surface area contributed by atoms with Crippen LogP contribution in [0.15, 0.2) is 42.6 Å². The number of thiazole rings is 1. The van der Waals surface area contributed by atoms with Crippen LogP contribution in [0.25, 0.3) is 10.6 Å². The molecule has 0 aliphatic rings. The van der Waals surface area contributed by atoms with Crippen LogP contribution in [0, 0.1) is 6.92 Å². The fraction of sp³-hybridized carbons (Fsp3) is 0.278. The molecule has 0 fully saturated rings. The van der Waals surface area contributed by atoms with Gasteiger partial charge in [0.25, 0.3) is 0 Å². The van der Waals surface area contributed by atoms with Crippen LogP contribution in [-0.2, 0) is 0 Å². The van der Waals surface area contributed by atoms with Crippen molar-refractivity contribution in [3.63, 3.8) is 0 Å². The van der Waals surface area contributed by atoms with E-state index in [0.29, 0.717) is 11.9 Å². The van der Waals surface area contributed by atoms with E-state index in [2.05, 4.69) is 29.1 Å². The SMILES string of the molecule is CCC(C)c1nc(C)sc1-c1ccnc(Nc2ccccc2)n1. The summed E-state index contributed by atoms with van der Waals surface area (Å²) in [4.78, 5) is 14.9. The summed E-state index contributed by atoms with van der Waals surface area (Å²) in [5.74, 6) is 1.03. The zero-order chi connectivity index (χ0) is 16.2. The Hall–Kier alpha value is -2.27. The molecule has 1 aromatic carbocycles. The third-order valence-corrected chi connectivity index (χ3v) is 4.77. The zero-order valence-electron chi connectivity index (χ0n) is 13.6. The number of aryl methyl sites for hydroxylation is 1. The van der Waals surface area contributed by atoms with E-state index in [9.17, 15) is 0 Å². The van der Waals surface area contributed by atoms with Gasteiger partial charge >= 0.3 is 0 Å². The third-order valence-electron chi connectivity index (χ3n) is 3.76. The molecule has 3 rings (SSSR count). The topological polar surface area (TPSA) is 50.7 Å². The van der Waals surface area contributed by atoms with Crippen molar-refractivity contribution >= 4 is 23.0 Å². The molecule has 2 aromatic heterocycles. The molecule has 1 atom stereocenters. The normalized spacial score (nSPS) is 12.1. The lowest BCUT2D eigenvalue weighted by atomic mass is 10.0. The lowest BCUT2D eigenvalue weighted by Gasteiger charge is -2.09. The minimum absolute atomic E-state index is 0.426. The molecule has 0 amide bonds. The van der Waals surface area contributed by atoms with Crippen molar-refractivity contribution in [2.45, 2.75) is 33.1 Å². The maximum absolute atomic E-state index is 4.71. The number of hydrogen-bond donors (Lipinski definition) is 1. The maximum atomic E-state index is 4.71. The van der Waals surface area contributed by atoms with E-state index in [-0.39, 0.29) is 0 Å². The Bertz CT molecular complexity index is 783. The molecule has 0 saturated heterocycles. The Morgan fingerprint density at radius 1 is 1.13 bits per heavy atom. The van der Waals surface area contributed by atoms with Gasteiger partial charge in [-0.25, -0.2) is 15.0 Å². The average Bonchev–Trinajstić information content (AvgIpc) is 2.97. The minimum Gasteiger partial charge on any atom is -0.324 e. The number of aromatic nitrogens is 3. The van der Waals surface area contributed by atoms with Gasteiger partial charge in [-0.15, -0.1) is 11.3 Å². The molecule has 0 aliphatic carbocycles. The summed E-state index contributed by atoms with van der Waals surface area (Å²) in [7, 11) is 0. The quantitative estimate of drug-likeness (QED) is 0.704. The Morgan fingerprint density at radius 2 is 1.91 bits per heavy atom. The molecule has 5 heteroatoms. The smallest absolute Gasteiger partial charge is 0.227 e. The summed E-state index contributed by atoms with van der Waals surface area (Å²) in [5.41, 5.74) is 3.05. The number of benzene rings is 1. The first kappa shape index (κ1) is 15.6. The van der Waals surface area contributed by atoms with E-state index in [1.165, 1.54) is 0 Å². The Labute approximate surface area is 140 Å². The summed E-state index contributed by atoms with van der Waals surface area (Å²) < 4.78 is 0. The van der Waals surface area contributed by atoms with Gasteiger partial charge in [0.1, 0.15) is 0 Å². The highest BCUT2D eigenvalue weighted by atomic mass is 32.1. The van der Waals surface area contributed by atoms with Crippen LogP contribution in [0.5, 0.6) is 0 Å². The third kappa shape index (κ3) is 3.56. The van der Waals surface area contributed by atoms with Gasteiger partial charge in [0.15, 0.2) is 0 Å². The average molecular weight is 324 g/mol. The van der Waals surface area contributed by atoms with E-state index in [4.69, 9.17) is 4.98 Å². The zero-order valence-corrected chi connectivity index (χ0v) is 14.4. The van der Waals surface area contributed by atoms with Gasteiger partial charge in [0.05, 0.1) is 21.3 Å². The van der Waals surface area contributed by atoms with E-state index in [1.54, 1.807) is 17.5 Å². The lowest BCUT2D eigenvalue weighted by molar-refractivity contribution is 0.713. The summed E-state index contributed by atoms with van der Waals surface area (Å²) in [6, 6.07) is 11.9. The van der Waals surface area contributed by atoms with Crippen LogP contribution < -0.4 is 5.32 Å². The molecule has 0 radical (unpaired) electrons. The Kier molecular flexibility index (Phi) is 4.67. The highest BCUT2D eigenvalue weighted by molar-refractivity contribution is 7.15. The number of nitrogens with zero attached hydrogens (tertiary/aromatic N) is 3. The fourth-order valence-electron chi connectivity index (χ4n) is 2.35. The molecule has 2 heterocycles. The van der Waals surface area contributed by atoms with Crippen LogP contribution in [0.1, 0.15) is 36.9 Å². The number of nitrogens with one attached hydrogen (secondary N) is 1. The Balaban J connectivity index is 1.94. The van der Waals surface area contributed by atoms with Gasteiger partial charge in [-0.05, 0) is 37.5 Å². The van der Waals surface area contributed by atoms with Gasteiger partial charge in [-0.2, -0.15) is 0 Å². The maximum Gasteiger partial charge on any atom is 0.227 e. The predicted molar refractivity (Wildman–Crippen MR) is 96.3 cm³/mol. The molecule has 0 bridgehead atoms. The van der Waals surface area contributed by atoms with E-state index in [1.807, 2.05) is 43.3 Å². The van der Waals surface area contributed by atoms with Gasteiger partial charge in [0, 0.05) is 11.9 Å². The lowest BCUT2D eigenvalue weighted by Crippen LogP contribution is -1.99. The standard InChI is InChI=1S/C18H20N4S/c1-4-12(2)16-17(23-13(3)20-16)15-10-11-19-18(22-15)21-14-8-6-5-7-9-14/h5-12H,4H2,1-3H3,(H,19,21,22). The molecule has 0 spiro atoms. The molecule has 0 aliphatic heterocycles. The van der Waals surface area contributed by atoms with Crippen molar-refractivity contribution in [2.24, 2.45) is 0 Å². The van der Waals surface area contributed by atoms with Crippen molar-refractivity contribution < 1.29 is 0 Å². The molecular weight excluding hydrogens is 304 g/mol. The summed E-state index contributed by atoms with van der Waals surface area (Å²) in [6.45, 7) is 6.44. The molecule has 0 saturated carbocycles. The molecule has 4 nitrogen and oxygen atoms in total. The van der Waals surface area contributed by atoms with Crippen molar-refractivity contribution in [1.82, 2.24) is 15.0 Å². The van der Waals surface area contributed by atoms with E-state index < -0.39 is 0 Å². The van der Waals surface area contributed by atoms with Crippen molar-refractivity contribution in [1.29, 1.82) is 0 Å². The van der Waals surface area contributed by atoms with Crippen LogP contribution in [0.2, 0.25) is 0 Å². The van der Waals surface area contributed by atoms with Gasteiger partial charge < -0.3 is 5.32 Å². The van der Waals surface area contributed by atoms with Crippen LogP contribution >= 0.6 is 11.3 Å². The van der Waals surface area contributed by atoms with Crippen LogP contribution in [0.3, 0.4) is 0 Å². The van der Waals surface area contributed by atoms with Gasteiger partial charge in [0.2, 0.25) is 5.95 Å². The summed E-state index contributed by atoms with van der Waals surface area (Å²) in [6.07, 6.45) is 2.86. The van der Waals surface area contributed by atoms with Crippen molar-refractivity contribution in [3.05, 3.63) is 53.3 Å². The first-order valence-electron chi connectivity index (χ1n) is 7.80. The largest absolute Gasteiger partial charge is 0.324 e. The second kappa shape index (κ2) is 6.87. The molecule has 23 heavy (non-hydrogen) atoms. The first-order chi connectivity index (χ1) is 11.2. The second-order valence-electron chi connectivity index (χ2n) is 5.51. The molecule has 118 valence electrons. The predicted octanol–water partition coefficient (Wildman–Crippen LogP) is 5.17. The van der Waals surface area contributed by atoms with Gasteiger partial charge in [-0.3, -0.25) is 0 Å². The molecule has 1 N–H and O–H groups in total. The molecule has 3 aromatic rings. The summed E-state index contributed by atoms with van der Waals surface area (Å²) in [5, 5.41) is 4.32. The van der Waals surface area contributed by atoms with Crippen molar-refractivity contribution in [3.8, 4) is 10.6 Å². The summed E-state index contributed by atoms with van der Waals surface area (Å²) >= 11 is 1.70. The number of hydrogen-bond acceptors (Lipinski definition) is 5. The van der Waals surface area contributed by atoms with Crippen molar-refractivity contribution in [2.75, 3.05) is 5.32 Å². The number of para-hydroxylation sites is 1. The highest BCUT2D eigenvalue weighted by Gasteiger charge is 2.17. The van der Waals surface area contributed by atoms with E-state index in [0.717, 1.165) is 33.4 Å². The number of anilines is 2.